The molecule has 1 nitrogen and oxygen atoms in total. The van der Waals surface area contributed by atoms with Crippen LogP contribution in [0.25, 0.3) is 54.6 Å². The summed E-state index contributed by atoms with van der Waals surface area (Å²) in [6.45, 7) is 5.14. The lowest BCUT2D eigenvalue weighted by Gasteiger charge is -2.50. The summed E-state index contributed by atoms with van der Waals surface area (Å²) in [5.74, 6) is 0. The number of benzene rings is 10. The van der Waals surface area contributed by atoms with Gasteiger partial charge in [-0.2, -0.15) is 0 Å². The van der Waals surface area contributed by atoms with Gasteiger partial charge in [0.2, 0.25) is 0 Å². The Labute approximate surface area is 346 Å². The zero-order valence-corrected chi connectivity index (χ0v) is 34.2. The molecular formula is C57H41NSi. The lowest BCUT2D eigenvalue weighted by Crippen LogP contribution is -2.63. The van der Waals surface area contributed by atoms with Crippen molar-refractivity contribution in [3.8, 4) is 22.3 Å². The summed E-state index contributed by atoms with van der Waals surface area (Å²) in [6.07, 6.45) is 0. The highest BCUT2D eigenvalue weighted by molar-refractivity contribution is 7.01. The van der Waals surface area contributed by atoms with Crippen molar-refractivity contribution in [3.05, 3.63) is 235 Å². The lowest BCUT2D eigenvalue weighted by atomic mass is 9.59. The first kappa shape index (κ1) is 34.1. The zero-order valence-electron chi connectivity index (χ0n) is 33.2. The molecule has 1 aliphatic heterocycles. The van der Waals surface area contributed by atoms with E-state index in [4.69, 9.17) is 0 Å². The van der Waals surface area contributed by atoms with Crippen molar-refractivity contribution in [3.63, 3.8) is 0 Å². The van der Waals surface area contributed by atoms with Crippen LogP contribution in [-0.4, -0.2) is 8.07 Å². The smallest absolute Gasteiger partial charge is 0.113 e. The first-order chi connectivity index (χ1) is 29.0. The average molecular weight is 768 g/mol. The maximum absolute atomic E-state index is 2.59. The second kappa shape index (κ2) is 12.7. The molecule has 1 unspecified atom stereocenters. The van der Waals surface area contributed by atoms with E-state index in [1.165, 1.54) is 104 Å². The number of hydrogen-bond acceptors (Lipinski definition) is 1. The summed E-state index contributed by atoms with van der Waals surface area (Å²) in [5, 5.41) is 10.6. The van der Waals surface area contributed by atoms with Crippen LogP contribution in [0.3, 0.4) is 0 Å². The van der Waals surface area contributed by atoms with Crippen LogP contribution in [0.4, 0.5) is 17.1 Å². The fraction of sp³-hybridized carbons (Fsp3) is 0.0526. The Morgan fingerprint density at radius 2 is 0.983 bits per heavy atom. The molecule has 278 valence electrons. The normalized spacial score (nSPS) is 15.8. The molecule has 12 rings (SSSR count). The Balaban J connectivity index is 1.21. The lowest BCUT2D eigenvalue weighted by molar-refractivity contribution is 0.754. The molecule has 0 aromatic heterocycles. The highest BCUT2D eigenvalue weighted by atomic mass is 28.3. The predicted molar refractivity (Wildman–Crippen MR) is 253 cm³/mol. The highest BCUT2D eigenvalue weighted by Gasteiger charge is 2.52. The van der Waals surface area contributed by atoms with Gasteiger partial charge in [-0.15, -0.1) is 0 Å². The zero-order chi connectivity index (χ0) is 39.3. The van der Waals surface area contributed by atoms with E-state index in [-0.39, 0.29) is 0 Å². The summed E-state index contributed by atoms with van der Waals surface area (Å²) in [4.78, 5) is 2.56. The van der Waals surface area contributed by atoms with Crippen molar-refractivity contribution in [2.75, 3.05) is 4.90 Å². The summed E-state index contributed by atoms with van der Waals surface area (Å²) in [5.41, 5.74) is 13.7. The molecule has 10 aromatic rings. The molecule has 2 aliphatic rings. The van der Waals surface area contributed by atoms with Crippen molar-refractivity contribution < 1.29 is 0 Å². The molecule has 1 heterocycles. The standard InChI is InChI=1S/C57H41NSi/c1-59(2)53-32-13-12-29-48(53)57(47-28-11-10-26-45(47)46-27-14-22-40-23-15-30-50(57)55(40)46)49-35-34-42(37-54(49)59)58(51-31-16-21-38-17-6-8-24-43(38)51)52-36-33-39-18-7-9-25-44(39)56(52)41-19-4-3-5-20-41/h3-37H,1-2H3. The average Bonchev–Trinajstić information content (AvgIpc) is 3.29. The minimum absolute atomic E-state index is 0.486. The molecule has 1 aliphatic carbocycles. The third-order valence-electron chi connectivity index (χ3n) is 13.5. The summed E-state index contributed by atoms with van der Waals surface area (Å²) >= 11 is 0. The Hall–Kier alpha value is -7.00. The van der Waals surface area contributed by atoms with Crippen LogP contribution in [0.15, 0.2) is 212 Å². The number of rotatable bonds is 4. The minimum Gasteiger partial charge on any atom is -0.309 e. The van der Waals surface area contributed by atoms with Gasteiger partial charge in [0.1, 0.15) is 8.07 Å². The third kappa shape index (κ3) is 4.72. The van der Waals surface area contributed by atoms with E-state index in [2.05, 4.69) is 230 Å². The molecule has 1 spiro atoms. The van der Waals surface area contributed by atoms with Crippen molar-refractivity contribution in [2.24, 2.45) is 0 Å². The molecule has 0 amide bonds. The second-order valence-electron chi connectivity index (χ2n) is 16.8. The van der Waals surface area contributed by atoms with Gasteiger partial charge in [-0.25, -0.2) is 0 Å². The topological polar surface area (TPSA) is 3.24 Å². The van der Waals surface area contributed by atoms with E-state index >= 15 is 0 Å². The summed E-state index contributed by atoms with van der Waals surface area (Å²) in [6, 6.07) is 80.0. The van der Waals surface area contributed by atoms with E-state index < -0.39 is 13.5 Å². The molecular weight excluding hydrogens is 727 g/mol. The number of anilines is 3. The molecule has 1 atom stereocenters. The molecule has 0 fully saturated rings. The van der Waals surface area contributed by atoms with E-state index in [0.29, 0.717) is 0 Å². The number of fused-ring (bicyclic) bond motifs is 10. The molecule has 0 bridgehead atoms. The van der Waals surface area contributed by atoms with Crippen LogP contribution in [0.1, 0.15) is 22.3 Å². The number of hydrogen-bond donors (Lipinski definition) is 0. The highest BCUT2D eigenvalue weighted by Crippen LogP contribution is 2.57. The molecule has 0 saturated heterocycles. The van der Waals surface area contributed by atoms with E-state index in [1.54, 1.807) is 0 Å². The van der Waals surface area contributed by atoms with Crippen LogP contribution in [0.5, 0.6) is 0 Å². The van der Waals surface area contributed by atoms with Gasteiger partial charge in [-0.05, 0) is 101 Å². The van der Waals surface area contributed by atoms with Gasteiger partial charge in [-0.1, -0.05) is 201 Å². The van der Waals surface area contributed by atoms with Crippen LogP contribution in [-0.2, 0) is 5.41 Å². The quantitative estimate of drug-likeness (QED) is 0.161. The van der Waals surface area contributed by atoms with Crippen LogP contribution < -0.4 is 15.3 Å². The maximum atomic E-state index is 2.59. The van der Waals surface area contributed by atoms with Crippen LogP contribution in [0, 0.1) is 0 Å². The Morgan fingerprint density at radius 3 is 1.83 bits per heavy atom. The first-order valence-corrected chi connectivity index (χ1v) is 23.8. The SMILES string of the molecule is C[Si]1(C)c2ccccc2C2(c3ccccc3-c3cccc4cccc2c34)c2ccc(N(c3ccc4ccccc4c3-c3ccccc3)c3cccc4ccccc34)cc21. The molecule has 0 saturated carbocycles. The fourth-order valence-electron chi connectivity index (χ4n) is 11.0. The molecule has 0 radical (unpaired) electrons. The van der Waals surface area contributed by atoms with E-state index in [0.717, 1.165) is 0 Å². The summed E-state index contributed by atoms with van der Waals surface area (Å²) < 4.78 is 0. The monoisotopic (exact) mass is 767 g/mol. The maximum Gasteiger partial charge on any atom is 0.113 e. The van der Waals surface area contributed by atoms with E-state index in [1.807, 2.05) is 0 Å². The Morgan fingerprint density at radius 1 is 0.390 bits per heavy atom. The van der Waals surface area contributed by atoms with Crippen LogP contribution in [0.2, 0.25) is 13.1 Å². The molecule has 2 heteroatoms. The van der Waals surface area contributed by atoms with Gasteiger partial charge >= 0.3 is 0 Å². The minimum atomic E-state index is -2.32. The van der Waals surface area contributed by atoms with Crippen molar-refractivity contribution in [1.29, 1.82) is 0 Å². The van der Waals surface area contributed by atoms with Crippen molar-refractivity contribution in [1.82, 2.24) is 0 Å². The van der Waals surface area contributed by atoms with Gasteiger partial charge in [0.15, 0.2) is 0 Å². The van der Waals surface area contributed by atoms with Crippen molar-refractivity contribution >= 4 is 67.8 Å². The van der Waals surface area contributed by atoms with Crippen LogP contribution >= 0.6 is 0 Å². The Bertz CT molecular complexity index is 3310. The summed E-state index contributed by atoms with van der Waals surface area (Å²) in [7, 11) is -2.32. The molecule has 0 N–H and O–H groups in total. The fourth-order valence-corrected chi connectivity index (χ4v) is 14.2. The molecule has 10 aromatic carbocycles. The first-order valence-electron chi connectivity index (χ1n) is 20.8. The number of nitrogens with zero attached hydrogens (tertiary/aromatic N) is 1. The van der Waals surface area contributed by atoms with Gasteiger partial charge in [0, 0.05) is 16.6 Å². The molecule has 59 heavy (non-hydrogen) atoms. The van der Waals surface area contributed by atoms with Crippen molar-refractivity contribution in [2.45, 2.75) is 18.5 Å². The second-order valence-corrected chi connectivity index (χ2v) is 21.1. The van der Waals surface area contributed by atoms with Gasteiger partial charge in [0.05, 0.1) is 16.8 Å². The predicted octanol–water partition coefficient (Wildman–Crippen LogP) is 13.8. The third-order valence-corrected chi connectivity index (χ3v) is 17.0. The van der Waals surface area contributed by atoms with E-state index in [9.17, 15) is 0 Å². The van der Waals surface area contributed by atoms with Gasteiger partial charge in [0.25, 0.3) is 0 Å². The Kier molecular flexibility index (Phi) is 7.36. The van der Waals surface area contributed by atoms with Gasteiger partial charge < -0.3 is 4.90 Å². The largest absolute Gasteiger partial charge is 0.309 e. The van der Waals surface area contributed by atoms with Gasteiger partial charge in [-0.3, -0.25) is 0 Å².